The van der Waals surface area contributed by atoms with E-state index in [1.54, 1.807) is 15.6 Å². The minimum absolute atomic E-state index is 0.249. The summed E-state index contributed by atoms with van der Waals surface area (Å²) in [6.07, 6.45) is -0.545. The lowest BCUT2D eigenvalue weighted by Gasteiger charge is -2.39. The van der Waals surface area contributed by atoms with Gasteiger partial charge in [0, 0.05) is 39.2 Å². The van der Waals surface area contributed by atoms with Gasteiger partial charge in [0.15, 0.2) is 0 Å². The van der Waals surface area contributed by atoms with E-state index in [1.807, 2.05) is 58.0 Å². The van der Waals surface area contributed by atoms with Crippen LogP contribution in [0.25, 0.3) is 5.69 Å². The summed E-state index contributed by atoms with van der Waals surface area (Å²) >= 11 is 0. The lowest BCUT2D eigenvalue weighted by Crippen LogP contribution is -2.61. The molecule has 12 nitrogen and oxygen atoms in total. The van der Waals surface area contributed by atoms with Crippen LogP contribution in [-0.2, 0) is 14.4 Å². The zero-order valence-electron chi connectivity index (χ0n) is 22.4. The second-order valence-corrected chi connectivity index (χ2v) is 10.3. The number of carbonyl (C=O) groups is 4. The lowest BCUT2D eigenvalue weighted by atomic mass is 9.85. The molecule has 3 N–H and O–H groups in total. The molecular weight excluding hydrogens is 492 g/mol. The Kier molecular flexibility index (Phi) is 9.10. The Morgan fingerprint density at radius 1 is 1.03 bits per heavy atom. The predicted octanol–water partition coefficient (Wildman–Crippen LogP) is 0.852. The van der Waals surface area contributed by atoms with Crippen LogP contribution in [0.4, 0.5) is 4.79 Å². The van der Waals surface area contributed by atoms with Crippen LogP contribution in [0.5, 0.6) is 5.88 Å². The van der Waals surface area contributed by atoms with Gasteiger partial charge in [0.05, 0.1) is 18.0 Å². The first kappa shape index (κ1) is 28.6. The van der Waals surface area contributed by atoms with Crippen LogP contribution >= 0.6 is 0 Å². The van der Waals surface area contributed by atoms with Crippen molar-refractivity contribution in [1.29, 1.82) is 0 Å². The zero-order chi connectivity index (χ0) is 28.0. The van der Waals surface area contributed by atoms with Gasteiger partial charge in [-0.2, -0.15) is 5.10 Å². The number of hydrogen-bond acceptors (Lipinski definition) is 7. The van der Waals surface area contributed by atoms with Crippen molar-refractivity contribution in [1.82, 2.24) is 30.2 Å². The first-order chi connectivity index (χ1) is 17.9. The molecule has 38 heavy (non-hydrogen) atoms. The second-order valence-electron chi connectivity index (χ2n) is 10.3. The third kappa shape index (κ3) is 7.09. The van der Waals surface area contributed by atoms with E-state index in [2.05, 4.69) is 15.7 Å². The van der Waals surface area contributed by atoms with Crippen LogP contribution in [0.15, 0.2) is 36.4 Å². The fraction of sp³-hybridized carbons (Fsp3) is 0.500. The summed E-state index contributed by atoms with van der Waals surface area (Å²) in [5, 5.41) is 19.0. The highest BCUT2D eigenvalue weighted by Crippen LogP contribution is 2.23. The van der Waals surface area contributed by atoms with Crippen LogP contribution in [0.3, 0.4) is 0 Å². The number of aliphatic hydroxyl groups excluding tert-OH is 1. The molecule has 2 aromatic rings. The van der Waals surface area contributed by atoms with Crippen LogP contribution in [0.1, 0.15) is 33.4 Å². The normalized spacial score (nSPS) is 15.4. The number of aromatic nitrogens is 2. The fourth-order valence-corrected chi connectivity index (χ4v) is 4.08. The molecule has 206 valence electrons. The van der Waals surface area contributed by atoms with Gasteiger partial charge >= 0.3 is 6.09 Å². The third-order valence-corrected chi connectivity index (χ3v) is 6.12. The smallest absolute Gasteiger partial charge is 0.394 e. The van der Waals surface area contributed by atoms with Crippen LogP contribution in [0, 0.1) is 12.3 Å². The van der Waals surface area contributed by atoms with E-state index in [4.69, 9.17) is 4.74 Å². The highest BCUT2D eigenvalue weighted by Gasteiger charge is 2.38. The molecular formula is C26H36N6O6. The predicted molar refractivity (Wildman–Crippen MR) is 139 cm³/mol. The number of carbonyl (C=O) groups excluding carboxylic acids is 4. The highest BCUT2D eigenvalue weighted by molar-refractivity contribution is 5.92. The summed E-state index contributed by atoms with van der Waals surface area (Å²) in [5.41, 5.74) is 0.813. The number of aliphatic hydroxyl groups is 1. The van der Waals surface area contributed by atoms with Gasteiger partial charge < -0.3 is 30.3 Å². The van der Waals surface area contributed by atoms with E-state index in [-0.39, 0.29) is 32.1 Å². The minimum atomic E-state index is -1.16. The number of nitrogens with zero attached hydrogens (tertiary/aromatic N) is 4. The molecule has 2 atom stereocenters. The molecule has 2 unspecified atom stereocenters. The molecule has 3 rings (SSSR count). The van der Waals surface area contributed by atoms with Crippen molar-refractivity contribution in [3.63, 3.8) is 0 Å². The fourth-order valence-electron chi connectivity index (χ4n) is 4.08. The van der Waals surface area contributed by atoms with Gasteiger partial charge in [-0.25, -0.2) is 9.48 Å². The number of rotatable bonds is 7. The monoisotopic (exact) mass is 528 g/mol. The lowest BCUT2D eigenvalue weighted by molar-refractivity contribution is -0.141. The van der Waals surface area contributed by atoms with Gasteiger partial charge in [0.2, 0.25) is 23.6 Å². The summed E-state index contributed by atoms with van der Waals surface area (Å²) in [6, 6.07) is 8.95. The molecule has 2 heterocycles. The van der Waals surface area contributed by atoms with Crippen molar-refractivity contribution in [2.24, 2.45) is 5.41 Å². The second kappa shape index (κ2) is 12.1. The summed E-state index contributed by atoms with van der Waals surface area (Å²) in [5.74, 6) is -1.13. The maximum absolute atomic E-state index is 13.4. The summed E-state index contributed by atoms with van der Waals surface area (Å²) in [6.45, 7) is 8.89. The molecule has 1 aliphatic heterocycles. The number of amides is 4. The maximum Gasteiger partial charge on any atom is 0.416 e. The Morgan fingerprint density at radius 2 is 1.63 bits per heavy atom. The van der Waals surface area contributed by atoms with Crippen LogP contribution < -0.4 is 15.4 Å². The number of nitrogens with one attached hydrogen (secondary N) is 2. The van der Waals surface area contributed by atoms with Gasteiger partial charge in [-0.05, 0) is 24.5 Å². The molecule has 0 bridgehead atoms. The number of aryl methyl sites for hydroxylation is 1. The summed E-state index contributed by atoms with van der Waals surface area (Å²) in [7, 11) is 0. The molecule has 0 spiro atoms. The quantitative estimate of drug-likeness (QED) is 0.483. The molecule has 1 fully saturated rings. The van der Waals surface area contributed by atoms with Crippen molar-refractivity contribution < 1.29 is 29.0 Å². The standard InChI is InChI=1S/C26H36N6O6/c1-17-15-21(32(29-17)19-9-7-6-8-10-19)38-25(37)31-13-11-30(12-14-31)24(36)22(26(3,4)5)28-23(35)20(16-33)27-18(2)34/h6-10,15,20,22,33H,11-14,16H2,1-5H3,(H,27,34)(H,28,35). The Morgan fingerprint density at radius 3 is 2.18 bits per heavy atom. The maximum atomic E-state index is 13.4. The molecule has 12 heteroatoms. The molecule has 1 aromatic carbocycles. The first-order valence-electron chi connectivity index (χ1n) is 12.5. The van der Waals surface area contributed by atoms with Gasteiger partial charge in [-0.3, -0.25) is 14.4 Å². The van der Waals surface area contributed by atoms with Crippen molar-refractivity contribution in [3.05, 3.63) is 42.1 Å². The molecule has 1 aliphatic rings. The number of piperazine rings is 1. The molecule has 0 radical (unpaired) electrons. The average Bonchev–Trinajstić information content (AvgIpc) is 3.24. The van der Waals surface area contributed by atoms with E-state index in [0.717, 1.165) is 5.69 Å². The van der Waals surface area contributed by atoms with Crippen molar-refractivity contribution in [3.8, 4) is 11.6 Å². The van der Waals surface area contributed by atoms with Gasteiger partial charge in [-0.1, -0.05) is 39.0 Å². The van der Waals surface area contributed by atoms with E-state index in [0.29, 0.717) is 11.6 Å². The molecule has 0 saturated carbocycles. The van der Waals surface area contributed by atoms with E-state index >= 15 is 0 Å². The number of benzene rings is 1. The molecule has 1 saturated heterocycles. The number of hydrogen-bond donors (Lipinski definition) is 3. The first-order valence-corrected chi connectivity index (χ1v) is 12.5. The van der Waals surface area contributed by atoms with Crippen molar-refractivity contribution in [2.45, 2.75) is 46.7 Å². The van der Waals surface area contributed by atoms with Gasteiger partial charge in [0.1, 0.15) is 12.1 Å². The van der Waals surface area contributed by atoms with Crippen molar-refractivity contribution >= 4 is 23.8 Å². The largest absolute Gasteiger partial charge is 0.416 e. The number of ether oxygens (including phenoxy) is 1. The van der Waals surface area contributed by atoms with Crippen LogP contribution in [-0.4, -0.2) is 93.4 Å². The summed E-state index contributed by atoms with van der Waals surface area (Å²) in [4.78, 5) is 53.4. The number of para-hydroxylation sites is 1. The average molecular weight is 529 g/mol. The zero-order valence-corrected chi connectivity index (χ0v) is 22.4. The van der Waals surface area contributed by atoms with Crippen molar-refractivity contribution in [2.75, 3.05) is 32.8 Å². The van der Waals surface area contributed by atoms with Gasteiger partial charge in [0.25, 0.3) is 0 Å². The Hall–Kier alpha value is -3.93. The molecule has 4 amide bonds. The Balaban J connectivity index is 1.63. The molecule has 0 aliphatic carbocycles. The Labute approximate surface area is 221 Å². The SMILES string of the molecule is CC(=O)NC(CO)C(=O)NC(C(=O)N1CCN(C(=O)Oc2cc(C)nn2-c2ccccc2)CC1)C(C)(C)C. The van der Waals surface area contributed by atoms with E-state index in [1.165, 1.54) is 11.8 Å². The molecule has 1 aromatic heterocycles. The van der Waals surface area contributed by atoms with Gasteiger partial charge in [-0.15, -0.1) is 0 Å². The highest BCUT2D eigenvalue weighted by atomic mass is 16.6. The third-order valence-electron chi connectivity index (χ3n) is 6.12. The Bertz CT molecular complexity index is 1150. The summed E-state index contributed by atoms with van der Waals surface area (Å²) < 4.78 is 7.21. The van der Waals surface area contributed by atoms with Crippen LogP contribution in [0.2, 0.25) is 0 Å². The van der Waals surface area contributed by atoms with E-state index in [9.17, 15) is 24.3 Å². The topological polar surface area (TPSA) is 146 Å². The minimum Gasteiger partial charge on any atom is -0.394 e. The van der Waals surface area contributed by atoms with E-state index < -0.39 is 42.0 Å².